The maximum atomic E-state index is 12.8. The molecule has 1 saturated heterocycles. The molecule has 2 aromatic heterocycles. The molecule has 2 aromatic carbocycles. The summed E-state index contributed by atoms with van der Waals surface area (Å²) in [5.74, 6) is 0.536. The normalized spacial score (nSPS) is 15.1. The van der Waals surface area contributed by atoms with Crippen LogP contribution in [0, 0.1) is 0 Å². The van der Waals surface area contributed by atoms with Gasteiger partial charge in [0.25, 0.3) is 0 Å². The average Bonchev–Trinajstić information content (AvgIpc) is 2.76. The third-order valence-electron chi connectivity index (χ3n) is 5.69. The quantitative estimate of drug-likeness (QED) is 0.458. The van der Waals surface area contributed by atoms with Crippen molar-refractivity contribution in [2.75, 3.05) is 25.4 Å². The molecule has 0 saturated carbocycles. The number of carbonyl (C=O) groups excluding carboxylic acids is 1. The van der Waals surface area contributed by atoms with E-state index >= 15 is 0 Å². The summed E-state index contributed by atoms with van der Waals surface area (Å²) in [7, 11) is 0. The molecule has 162 valence electrons. The minimum atomic E-state index is 0.0808. The lowest BCUT2D eigenvalue weighted by molar-refractivity contribution is -0.136. The van der Waals surface area contributed by atoms with Crippen LogP contribution in [0.3, 0.4) is 0 Å². The standard InChI is InChI=1S/C23H20Cl2N6O/c24-16-3-2-15-8-17(29-22(25)19(15)9-16)11-30-5-6-31(21(32)12-30)10-14-1-4-18-20(7-14)27-13-28-23(18)26/h1-4,7-9,13H,5-6,10-12H2,(H2,26,27,28). The maximum Gasteiger partial charge on any atom is 0.237 e. The Hall–Kier alpha value is -3.00. The molecule has 0 radical (unpaired) electrons. The molecule has 9 heteroatoms. The van der Waals surface area contributed by atoms with Crippen molar-refractivity contribution in [3.05, 3.63) is 70.2 Å². The molecular formula is C23H20Cl2N6O. The Morgan fingerprint density at radius 2 is 1.84 bits per heavy atom. The first-order valence-corrected chi connectivity index (χ1v) is 11.0. The van der Waals surface area contributed by atoms with Crippen LogP contribution in [0.5, 0.6) is 0 Å². The monoisotopic (exact) mass is 466 g/mol. The van der Waals surface area contributed by atoms with E-state index in [0.29, 0.717) is 42.2 Å². The Morgan fingerprint density at radius 3 is 2.69 bits per heavy atom. The number of carbonyl (C=O) groups is 1. The Labute approximate surface area is 194 Å². The topological polar surface area (TPSA) is 88.2 Å². The number of hydrogen-bond acceptors (Lipinski definition) is 6. The van der Waals surface area contributed by atoms with Crippen LogP contribution in [0.2, 0.25) is 10.2 Å². The summed E-state index contributed by atoms with van der Waals surface area (Å²) < 4.78 is 0. The zero-order valence-electron chi connectivity index (χ0n) is 17.1. The van der Waals surface area contributed by atoms with Gasteiger partial charge < -0.3 is 10.6 Å². The molecule has 0 atom stereocenters. The molecule has 1 aliphatic heterocycles. The molecule has 5 rings (SSSR count). The largest absolute Gasteiger partial charge is 0.383 e. The van der Waals surface area contributed by atoms with Crippen molar-refractivity contribution < 1.29 is 4.79 Å². The lowest BCUT2D eigenvalue weighted by Crippen LogP contribution is -2.49. The Kier molecular flexibility index (Phi) is 5.55. The molecular weight excluding hydrogens is 447 g/mol. The van der Waals surface area contributed by atoms with Crippen LogP contribution in [-0.2, 0) is 17.9 Å². The molecule has 4 aromatic rings. The maximum absolute atomic E-state index is 12.8. The van der Waals surface area contributed by atoms with Gasteiger partial charge in [0.15, 0.2) is 0 Å². The highest BCUT2D eigenvalue weighted by Gasteiger charge is 2.24. The van der Waals surface area contributed by atoms with E-state index in [2.05, 4.69) is 19.9 Å². The number of nitrogen functional groups attached to an aromatic ring is 1. The number of hydrogen-bond donors (Lipinski definition) is 1. The average molecular weight is 467 g/mol. The van der Waals surface area contributed by atoms with Gasteiger partial charge in [-0.15, -0.1) is 0 Å². The first kappa shape index (κ1) is 20.9. The van der Waals surface area contributed by atoms with Crippen LogP contribution in [0.1, 0.15) is 11.3 Å². The fourth-order valence-corrected chi connectivity index (χ4v) is 4.49. The van der Waals surface area contributed by atoms with Gasteiger partial charge in [-0.05, 0) is 41.3 Å². The van der Waals surface area contributed by atoms with E-state index in [4.69, 9.17) is 28.9 Å². The molecule has 1 aliphatic rings. The first-order chi connectivity index (χ1) is 15.5. The molecule has 7 nitrogen and oxygen atoms in total. The summed E-state index contributed by atoms with van der Waals surface area (Å²) in [4.78, 5) is 29.6. The Morgan fingerprint density at radius 1 is 0.969 bits per heavy atom. The van der Waals surface area contributed by atoms with Gasteiger partial charge in [-0.1, -0.05) is 35.3 Å². The van der Waals surface area contributed by atoms with E-state index in [1.165, 1.54) is 6.33 Å². The van der Waals surface area contributed by atoms with Gasteiger partial charge in [-0.3, -0.25) is 9.69 Å². The zero-order valence-corrected chi connectivity index (χ0v) is 18.6. The summed E-state index contributed by atoms with van der Waals surface area (Å²) in [6, 6.07) is 13.4. The number of amides is 1. The molecule has 32 heavy (non-hydrogen) atoms. The van der Waals surface area contributed by atoms with Crippen LogP contribution in [0.25, 0.3) is 21.7 Å². The minimum Gasteiger partial charge on any atom is -0.383 e. The lowest BCUT2D eigenvalue weighted by atomic mass is 10.1. The van der Waals surface area contributed by atoms with Crippen molar-refractivity contribution in [1.82, 2.24) is 24.8 Å². The van der Waals surface area contributed by atoms with Crippen molar-refractivity contribution >= 4 is 56.6 Å². The van der Waals surface area contributed by atoms with E-state index in [-0.39, 0.29) is 5.91 Å². The molecule has 0 spiro atoms. The number of benzene rings is 2. The van der Waals surface area contributed by atoms with Crippen LogP contribution < -0.4 is 5.73 Å². The number of rotatable bonds is 4. The Bertz CT molecular complexity index is 1350. The van der Waals surface area contributed by atoms with E-state index in [9.17, 15) is 4.79 Å². The second-order valence-corrected chi connectivity index (χ2v) is 8.70. The number of nitrogens with two attached hydrogens (primary N) is 1. The summed E-state index contributed by atoms with van der Waals surface area (Å²) >= 11 is 12.4. The zero-order chi connectivity index (χ0) is 22.2. The number of nitrogens with zero attached hydrogens (tertiary/aromatic N) is 5. The van der Waals surface area contributed by atoms with Crippen molar-refractivity contribution in [3.8, 4) is 0 Å². The first-order valence-electron chi connectivity index (χ1n) is 10.2. The number of aromatic nitrogens is 3. The SMILES string of the molecule is Nc1ncnc2cc(CN3CCN(Cc4cc5ccc(Cl)cc5c(Cl)n4)CC3=O)ccc12. The number of anilines is 1. The predicted molar refractivity (Wildman–Crippen MR) is 126 cm³/mol. The highest BCUT2D eigenvalue weighted by atomic mass is 35.5. The van der Waals surface area contributed by atoms with E-state index in [0.717, 1.165) is 39.5 Å². The number of pyridine rings is 1. The highest BCUT2D eigenvalue weighted by molar-refractivity contribution is 6.36. The van der Waals surface area contributed by atoms with Crippen molar-refractivity contribution in [2.45, 2.75) is 13.1 Å². The summed E-state index contributed by atoms with van der Waals surface area (Å²) in [6.07, 6.45) is 1.45. The predicted octanol–water partition coefficient (Wildman–Crippen LogP) is 3.91. The van der Waals surface area contributed by atoms with Gasteiger partial charge in [0.1, 0.15) is 17.3 Å². The van der Waals surface area contributed by atoms with Gasteiger partial charge >= 0.3 is 0 Å². The van der Waals surface area contributed by atoms with Crippen LogP contribution in [0.4, 0.5) is 5.82 Å². The molecule has 0 unspecified atom stereocenters. The third kappa shape index (κ3) is 4.19. The second kappa shape index (κ2) is 8.50. The fourth-order valence-electron chi connectivity index (χ4n) is 4.04. The lowest BCUT2D eigenvalue weighted by Gasteiger charge is -2.34. The molecule has 1 amide bonds. The van der Waals surface area contributed by atoms with Crippen molar-refractivity contribution in [1.29, 1.82) is 0 Å². The number of halogens is 2. The molecule has 3 heterocycles. The minimum absolute atomic E-state index is 0.0808. The van der Waals surface area contributed by atoms with E-state index < -0.39 is 0 Å². The van der Waals surface area contributed by atoms with Gasteiger partial charge in [0.2, 0.25) is 5.91 Å². The van der Waals surface area contributed by atoms with Gasteiger partial charge in [0, 0.05) is 42.0 Å². The summed E-state index contributed by atoms with van der Waals surface area (Å²) in [5.41, 5.74) is 8.52. The van der Waals surface area contributed by atoms with Crippen molar-refractivity contribution in [2.24, 2.45) is 0 Å². The number of fused-ring (bicyclic) bond motifs is 2. The molecule has 0 aliphatic carbocycles. The number of piperazine rings is 1. The highest BCUT2D eigenvalue weighted by Crippen LogP contribution is 2.26. The summed E-state index contributed by atoms with van der Waals surface area (Å²) in [5, 5.41) is 3.67. The second-order valence-electron chi connectivity index (χ2n) is 7.91. The van der Waals surface area contributed by atoms with Gasteiger partial charge in [-0.25, -0.2) is 15.0 Å². The van der Waals surface area contributed by atoms with Gasteiger partial charge in [-0.2, -0.15) is 0 Å². The Balaban J connectivity index is 1.26. The van der Waals surface area contributed by atoms with Crippen LogP contribution >= 0.6 is 23.2 Å². The van der Waals surface area contributed by atoms with Crippen LogP contribution in [-0.4, -0.2) is 50.3 Å². The fraction of sp³-hybridized carbons (Fsp3) is 0.217. The molecule has 2 N–H and O–H groups in total. The van der Waals surface area contributed by atoms with E-state index in [1.54, 1.807) is 0 Å². The molecule has 1 fully saturated rings. The third-order valence-corrected chi connectivity index (χ3v) is 6.21. The smallest absolute Gasteiger partial charge is 0.237 e. The summed E-state index contributed by atoms with van der Waals surface area (Å²) in [6.45, 7) is 2.82. The van der Waals surface area contributed by atoms with Crippen LogP contribution in [0.15, 0.2) is 48.8 Å². The van der Waals surface area contributed by atoms with Gasteiger partial charge in [0.05, 0.1) is 17.8 Å². The van der Waals surface area contributed by atoms with E-state index in [1.807, 2.05) is 47.4 Å². The molecule has 0 bridgehead atoms. The van der Waals surface area contributed by atoms with Crippen molar-refractivity contribution in [3.63, 3.8) is 0 Å².